The normalized spacial score (nSPS) is 16.7. The Morgan fingerprint density at radius 1 is 1.16 bits per heavy atom. The minimum atomic E-state index is -4.48. The van der Waals surface area contributed by atoms with Crippen molar-refractivity contribution in [2.45, 2.75) is 32.0 Å². The van der Waals surface area contributed by atoms with Crippen LogP contribution in [0.1, 0.15) is 36.3 Å². The third-order valence-corrected chi connectivity index (χ3v) is 5.12. The van der Waals surface area contributed by atoms with Crippen LogP contribution in [-0.2, 0) is 17.5 Å². The van der Waals surface area contributed by atoms with Gasteiger partial charge in [-0.3, -0.25) is 4.79 Å². The molecule has 6 nitrogen and oxygen atoms in total. The molecule has 1 atom stereocenters. The molecule has 1 aliphatic rings. The van der Waals surface area contributed by atoms with Crippen LogP contribution in [0.4, 0.5) is 13.2 Å². The molecule has 1 aliphatic heterocycles. The van der Waals surface area contributed by atoms with Gasteiger partial charge in [-0.05, 0) is 30.7 Å². The third kappa shape index (κ3) is 4.40. The summed E-state index contributed by atoms with van der Waals surface area (Å²) in [5, 5.41) is 4.01. The Kier molecular flexibility index (Phi) is 5.67. The Balaban J connectivity index is 1.52. The average Bonchev–Trinajstić information content (AvgIpc) is 3.36. The van der Waals surface area contributed by atoms with Crippen LogP contribution >= 0.6 is 0 Å². The minimum Gasteiger partial charge on any atom is -0.493 e. The monoisotopic (exact) mass is 431 g/mol. The molecule has 0 saturated carbocycles. The second kappa shape index (κ2) is 8.41. The number of para-hydroxylation sites is 1. The lowest BCUT2D eigenvalue weighted by atomic mass is 10.1. The maximum absolute atomic E-state index is 13.3. The number of carbonyl (C=O) groups excluding carboxylic acids is 1. The van der Waals surface area contributed by atoms with Crippen molar-refractivity contribution in [2.75, 3.05) is 13.2 Å². The van der Waals surface area contributed by atoms with E-state index in [0.717, 1.165) is 6.07 Å². The lowest BCUT2D eigenvalue weighted by Gasteiger charge is -2.19. The van der Waals surface area contributed by atoms with Crippen molar-refractivity contribution in [3.63, 3.8) is 0 Å². The standard InChI is InChI=1S/C22H20F3N3O3/c1-2-30-18-10-6-4-8-16(18)20-26-21(31-27-20)15-11-19(29)28(13-15)12-14-7-3-5-9-17(14)22(23,24)25/h3-10,15H,2,11-13H2,1H3. The molecule has 0 spiro atoms. The van der Waals surface area contributed by atoms with Crippen LogP contribution in [0, 0.1) is 0 Å². The van der Waals surface area contributed by atoms with Crippen molar-refractivity contribution < 1.29 is 27.2 Å². The van der Waals surface area contributed by atoms with E-state index in [1.54, 1.807) is 12.1 Å². The van der Waals surface area contributed by atoms with Crippen molar-refractivity contribution >= 4 is 5.91 Å². The Morgan fingerprint density at radius 3 is 2.68 bits per heavy atom. The summed E-state index contributed by atoms with van der Waals surface area (Å²) in [7, 11) is 0. The Labute approximate surface area is 176 Å². The Morgan fingerprint density at radius 2 is 1.90 bits per heavy atom. The Bertz CT molecular complexity index is 1080. The topological polar surface area (TPSA) is 68.5 Å². The van der Waals surface area contributed by atoms with E-state index in [2.05, 4.69) is 10.1 Å². The number of nitrogens with zero attached hydrogens (tertiary/aromatic N) is 3. The molecule has 2 aromatic carbocycles. The summed E-state index contributed by atoms with van der Waals surface area (Å²) in [6.07, 6.45) is -4.38. The van der Waals surface area contributed by atoms with Gasteiger partial charge in [0.05, 0.1) is 23.7 Å². The predicted molar refractivity (Wildman–Crippen MR) is 105 cm³/mol. The fourth-order valence-electron chi connectivity index (χ4n) is 3.67. The number of hydrogen-bond acceptors (Lipinski definition) is 5. The average molecular weight is 431 g/mol. The number of aromatic nitrogens is 2. The van der Waals surface area contributed by atoms with E-state index in [4.69, 9.17) is 9.26 Å². The van der Waals surface area contributed by atoms with Crippen LogP contribution in [0.15, 0.2) is 53.1 Å². The van der Waals surface area contributed by atoms with Gasteiger partial charge in [-0.1, -0.05) is 35.5 Å². The van der Waals surface area contributed by atoms with Gasteiger partial charge in [-0.15, -0.1) is 0 Å². The summed E-state index contributed by atoms with van der Waals surface area (Å²) in [5.41, 5.74) is -0.0145. The number of ether oxygens (including phenoxy) is 1. The highest BCUT2D eigenvalue weighted by molar-refractivity contribution is 5.79. The van der Waals surface area contributed by atoms with E-state index >= 15 is 0 Å². The van der Waals surface area contributed by atoms with Gasteiger partial charge >= 0.3 is 6.18 Å². The van der Waals surface area contributed by atoms with Gasteiger partial charge in [0, 0.05) is 19.5 Å². The predicted octanol–water partition coefficient (Wildman–Crippen LogP) is 4.67. The molecule has 0 aliphatic carbocycles. The van der Waals surface area contributed by atoms with E-state index in [1.165, 1.54) is 23.1 Å². The lowest BCUT2D eigenvalue weighted by Crippen LogP contribution is -2.26. The molecule has 0 radical (unpaired) electrons. The molecule has 1 saturated heterocycles. The van der Waals surface area contributed by atoms with Gasteiger partial charge in [-0.2, -0.15) is 18.2 Å². The van der Waals surface area contributed by atoms with Gasteiger partial charge < -0.3 is 14.2 Å². The first-order valence-electron chi connectivity index (χ1n) is 9.85. The fraction of sp³-hybridized carbons (Fsp3) is 0.318. The molecule has 1 amide bonds. The highest BCUT2D eigenvalue weighted by atomic mass is 19.4. The van der Waals surface area contributed by atoms with Gasteiger partial charge in [0.1, 0.15) is 5.75 Å². The van der Waals surface area contributed by atoms with Crippen LogP contribution < -0.4 is 4.74 Å². The molecule has 3 aromatic rings. The molecule has 1 fully saturated rings. The van der Waals surface area contributed by atoms with Crippen molar-refractivity contribution in [1.82, 2.24) is 15.0 Å². The van der Waals surface area contributed by atoms with E-state index in [0.29, 0.717) is 23.7 Å². The number of rotatable bonds is 6. The zero-order chi connectivity index (χ0) is 22.0. The van der Waals surface area contributed by atoms with Crippen molar-refractivity contribution in [1.29, 1.82) is 0 Å². The molecule has 1 aromatic heterocycles. The summed E-state index contributed by atoms with van der Waals surface area (Å²) in [6.45, 7) is 2.43. The van der Waals surface area contributed by atoms with Gasteiger partial charge in [0.2, 0.25) is 17.6 Å². The molecular weight excluding hydrogens is 411 g/mol. The van der Waals surface area contributed by atoms with Crippen molar-refractivity contribution in [3.8, 4) is 17.1 Å². The molecule has 0 bridgehead atoms. The van der Waals surface area contributed by atoms with Crippen LogP contribution in [0.2, 0.25) is 0 Å². The number of carbonyl (C=O) groups is 1. The smallest absolute Gasteiger partial charge is 0.416 e. The van der Waals surface area contributed by atoms with Crippen LogP contribution in [-0.4, -0.2) is 34.1 Å². The SMILES string of the molecule is CCOc1ccccc1-c1noc(C2CC(=O)N(Cc3ccccc3C(F)(F)F)C2)n1. The minimum absolute atomic E-state index is 0.0564. The molecule has 162 valence electrons. The van der Waals surface area contributed by atoms with E-state index in [1.807, 2.05) is 19.1 Å². The lowest BCUT2D eigenvalue weighted by molar-refractivity contribution is -0.139. The third-order valence-electron chi connectivity index (χ3n) is 5.12. The van der Waals surface area contributed by atoms with E-state index in [-0.39, 0.29) is 42.8 Å². The molecule has 9 heteroatoms. The quantitative estimate of drug-likeness (QED) is 0.567. The highest BCUT2D eigenvalue weighted by Crippen LogP contribution is 2.35. The summed E-state index contributed by atoms with van der Waals surface area (Å²) in [6, 6.07) is 12.5. The maximum atomic E-state index is 13.3. The molecule has 1 unspecified atom stereocenters. The summed E-state index contributed by atoms with van der Waals surface area (Å²) in [5.74, 6) is 0.598. The summed E-state index contributed by atoms with van der Waals surface area (Å²) < 4.78 is 50.8. The summed E-state index contributed by atoms with van der Waals surface area (Å²) >= 11 is 0. The zero-order valence-corrected chi connectivity index (χ0v) is 16.7. The number of halogens is 3. The van der Waals surface area contributed by atoms with Gasteiger partial charge in [-0.25, -0.2) is 0 Å². The Hall–Kier alpha value is -3.36. The van der Waals surface area contributed by atoms with Crippen LogP contribution in [0.3, 0.4) is 0 Å². The number of amides is 1. The summed E-state index contributed by atoms with van der Waals surface area (Å²) in [4.78, 5) is 18.3. The second-order valence-corrected chi connectivity index (χ2v) is 7.22. The second-order valence-electron chi connectivity index (χ2n) is 7.22. The maximum Gasteiger partial charge on any atom is 0.416 e. The van der Waals surface area contributed by atoms with Gasteiger partial charge in [0.15, 0.2) is 0 Å². The first kappa shape index (κ1) is 20.9. The van der Waals surface area contributed by atoms with E-state index in [9.17, 15) is 18.0 Å². The number of benzene rings is 2. The van der Waals surface area contributed by atoms with Gasteiger partial charge in [0.25, 0.3) is 0 Å². The zero-order valence-electron chi connectivity index (χ0n) is 16.7. The fourth-order valence-corrected chi connectivity index (χ4v) is 3.67. The first-order chi connectivity index (χ1) is 14.9. The van der Waals surface area contributed by atoms with Crippen molar-refractivity contribution in [2.24, 2.45) is 0 Å². The molecule has 2 heterocycles. The number of likely N-dealkylation sites (tertiary alicyclic amines) is 1. The number of hydrogen-bond donors (Lipinski definition) is 0. The first-order valence-corrected chi connectivity index (χ1v) is 9.85. The molecule has 0 N–H and O–H groups in total. The molecule has 31 heavy (non-hydrogen) atoms. The van der Waals surface area contributed by atoms with E-state index < -0.39 is 11.7 Å². The van der Waals surface area contributed by atoms with Crippen LogP contribution in [0.5, 0.6) is 5.75 Å². The van der Waals surface area contributed by atoms with Crippen LogP contribution in [0.25, 0.3) is 11.4 Å². The largest absolute Gasteiger partial charge is 0.493 e. The number of alkyl halides is 3. The highest BCUT2D eigenvalue weighted by Gasteiger charge is 2.37. The molecular formula is C22H20F3N3O3. The molecule has 4 rings (SSSR count). The van der Waals surface area contributed by atoms with Crippen molar-refractivity contribution in [3.05, 3.63) is 65.5 Å².